The van der Waals surface area contributed by atoms with Gasteiger partial charge in [-0.1, -0.05) is 19.1 Å². The van der Waals surface area contributed by atoms with Gasteiger partial charge in [0.15, 0.2) is 5.78 Å². The number of Topliss-reactive ketones (excluding diaryl/α,β-unsaturated/α-hetero) is 1. The Morgan fingerprint density at radius 2 is 2.16 bits per heavy atom. The van der Waals surface area contributed by atoms with Crippen LogP contribution in [0.2, 0.25) is 0 Å². The predicted molar refractivity (Wildman–Crippen MR) is 63.0 cm³/mol. The molecule has 3 nitrogen and oxygen atoms in total. The van der Waals surface area contributed by atoms with E-state index in [1.54, 1.807) is 0 Å². The Kier molecular flexibility index (Phi) is 3.54. The average Bonchev–Trinajstić information content (AvgIpc) is 2.74. The lowest BCUT2D eigenvalue weighted by Crippen LogP contribution is -2.30. The number of benzene rings is 1. The van der Waals surface area contributed by atoms with E-state index in [2.05, 4.69) is 10.1 Å². The molecule has 104 valence electrons. The summed E-state index contributed by atoms with van der Waals surface area (Å²) in [6, 6.07) is 5.22. The molecular weight excluding hydrogens is 259 g/mol. The van der Waals surface area contributed by atoms with Crippen LogP contribution in [-0.2, 0) is 0 Å². The minimum atomic E-state index is -4.75. The zero-order chi connectivity index (χ0) is 14.1. The Bertz CT molecular complexity index is 479. The number of nitrogens with one attached hydrogen (secondary N) is 1. The molecule has 1 N–H and O–H groups in total. The molecule has 1 unspecified atom stereocenters. The molecule has 0 radical (unpaired) electrons. The van der Waals surface area contributed by atoms with Crippen LogP contribution < -0.4 is 10.1 Å². The number of halogens is 3. The van der Waals surface area contributed by atoms with Gasteiger partial charge in [0.2, 0.25) is 0 Å². The molecule has 1 aliphatic rings. The van der Waals surface area contributed by atoms with Crippen molar-refractivity contribution < 1.29 is 22.7 Å². The lowest BCUT2D eigenvalue weighted by molar-refractivity contribution is -0.274. The van der Waals surface area contributed by atoms with Gasteiger partial charge >= 0.3 is 6.36 Å². The standard InChI is InChI=1S/C13H14F3NO2/c1-12(5-6-17-8-12)11(18)9-3-2-4-10(7-9)19-13(14,15)16/h2-4,7,17H,5-6,8H2,1H3. The molecule has 19 heavy (non-hydrogen) atoms. The Balaban J connectivity index is 2.21. The van der Waals surface area contributed by atoms with Crippen LogP contribution in [-0.4, -0.2) is 25.2 Å². The normalized spacial score (nSPS) is 23.4. The summed E-state index contributed by atoms with van der Waals surface area (Å²) in [6.45, 7) is 3.09. The van der Waals surface area contributed by atoms with E-state index in [0.717, 1.165) is 12.6 Å². The molecule has 1 atom stereocenters. The predicted octanol–water partition coefficient (Wildman–Crippen LogP) is 2.77. The number of ketones is 1. The van der Waals surface area contributed by atoms with Crippen molar-refractivity contribution >= 4 is 5.78 Å². The molecule has 1 fully saturated rings. The van der Waals surface area contributed by atoms with Gasteiger partial charge in [0, 0.05) is 17.5 Å². The summed E-state index contributed by atoms with van der Waals surface area (Å²) in [5, 5.41) is 3.08. The Labute approximate surface area is 108 Å². The molecule has 1 aliphatic heterocycles. The number of alkyl halides is 3. The first kappa shape index (κ1) is 13.9. The molecule has 0 saturated carbocycles. The van der Waals surface area contributed by atoms with E-state index in [1.807, 2.05) is 6.92 Å². The van der Waals surface area contributed by atoms with Gasteiger partial charge in [0.05, 0.1) is 0 Å². The van der Waals surface area contributed by atoms with E-state index < -0.39 is 11.8 Å². The van der Waals surface area contributed by atoms with Gasteiger partial charge in [-0.05, 0) is 25.1 Å². The highest BCUT2D eigenvalue weighted by atomic mass is 19.4. The summed E-state index contributed by atoms with van der Waals surface area (Å²) in [4.78, 5) is 12.3. The van der Waals surface area contributed by atoms with E-state index in [0.29, 0.717) is 13.0 Å². The van der Waals surface area contributed by atoms with Gasteiger partial charge in [-0.3, -0.25) is 4.79 Å². The van der Waals surface area contributed by atoms with Gasteiger partial charge in [0.1, 0.15) is 5.75 Å². The SMILES string of the molecule is CC1(C(=O)c2cccc(OC(F)(F)F)c2)CCNC1. The van der Waals surface area contributed by atoms with Crippen molar-refractivity contribution in [3.63, 3.8) is 0 Å². The fraction of sp³-hybridized carbons (Fsp3) is 0.462. The van der Waals surface area contributed by atoms with Gasteiger partial charge < -0.3 is 10.1 Å². The number of carbonyl (C=O) groups excluding carboxylic acids is 1. The van der Waals surface area contributed by atoms with Crippen LogP contribution in [0.5, 0.6) is 5.75 Å². The molecule has 1 heterocycles. The first-order chi connectivity index (χ1) is 8.80. The third-order valence-corrected chi connectivity index (χ3v) is 3.25. The molecule has 2 rings (SSSR count). The van der Waals surface area contributed by atoms with Gasteiger partial charge in [-0.15, -0.1) is 13.2 Å². The van der Waals surface area contributed by atoms with Gasteiger partial charge in [-0.25, -0.2) is 0 Å². The maximum atomic E-state index is 12.3. The largest absolute Gasteiger partial charge is 0.573 e. The van der Waals surface area contributed by atoms with Crippen molar-refractivity contribution in [2.24, 2.45) is 5.41 Å². The zero-order valence-corrected chi connectivity index (χ0v) is 10.4. The Morgan fingerprint density at radius 3 is 2.74 bits per heavy atom. The third-order valence-electron chi connectivity index (χ3n) is 3.25. The quantitative estimate of drug-likeness (QED) is 0.861. The van der Waals surface area contributed by atoms with E-state index >= 15 is 0 Å². The summed E-state index contributed by atoms with van der Waals surface area (Å²) in [6.07, 6.45) is -4.07. The van der Waals surface area contributed by atoms with Gasteiger partial charge in [-0.2, -0.15) is 0 Å². The number of hydrogen-bond acceptors (Lipinski definition) is 3. The number of rotatable bonds is 3. The van der Waals surface area contributed by atoms with Crippen LogP contribution in [0, 0.1) is 5.41 Å². The van der Waals surface area contributed by atoms with Crippen molar-refractivity contribution in [3.8, 4) is 5.75 Å². The lowest BCUT2D eigenvalue weighted by Gasteiger charge is -2.21. The molecule has 1 aromatic carbocycles. The van der Waals surface area contributed by atoms with Crippen LogP contribution in [0.1, 0.15) is 23.7 Å². The van der Waals surface area contributed by atoms with Crippen LogP contribution >= 0.6 is 0 Å². The fourth-order valence-corrected chi connectivity index (χ4v) is 2.19. The Morgan fingerprint density at radius 1 is 1.42 bits per heavy atom. The van der Waals surface area contributed by atoms with Crippen molar-refractivity contribution in [2.45, 2.75) is 19.7 Å². The highest BCUT2D eigenvalue weighted by Gasteiger charge is 2.37. The first-order valence-electron chi connectivity index (χ1n) is 5.91. The average molecular weight is 273 g/mol. The van der Waals surface area contributed by atoms with Crippen molar-refractivity contribution in [3.05, 3.63) is 29.8 Å². The van der Waals surface area contributed by atoms with Crippen LogP contribution in [0.3, 0.4) is 0 Å². The minimum absolute atomic E-state index is 0.162. The molecule has 0 aliphatic carbocycles. The minimum Gasteiger partial charge on any atom is -0.406 e. The second-order valence-corrected chi connectivity index (χ2v) is 4.89. The molecule has 0 aromatic heterocycles. The Hall–Kier alpha value is -1.56. The topological polar surface area (TPSA) is 38.3 Å². The van der Waals surface area contributed by atoms with Gasteiger partial charge in [0.25, 0.3) is 0 Å². The second kappa shape index (κ2) is 4.85. The molecular formula is C13H14F3NO2. The van der Waals surface area contributed by atoms with Crippen molar-refractivity contribution in [1.82, 2.24) is 5.32 Å². The van der Waals surface area contributed by atoms with E-state index in [-0.39, 0.29) is 17.1 Å². The molecule has 0 amide bonds. The highest BCUT2D eigenvalue weighted by molar-refractivity contribution is 6.01. The van der Waals surface area contributed by atoms with E-state index in [1.165, 1.54) is 18.2 Å². The molecule has 0 bridgehead atoms. The smallest absolute Gasteiger partial charge is 0.406 e. The summed E-state index contributed by atoms with van der Waals surface area (Å²) >= 11 is 0. The lowest BCUT2D eigenvalue weighted by atomic mass is 9.81. The van der Waals surface area contributed by atoms with Crippen LogP contribution in [0.4, 0.5) is 13.2 Å². The fourth-order valence-electron chi connectivity index (χ4n) is 2.19. The second-order valence-electron chi connectivity index (χ2n) is 4.89. The summed E-state index contributed by atoms with van der Waals surface area (Å²) in [5.41, 5.74) is -0.315. The molecule has 1 aromatic rings. The van der Waals surface area contributed by atoms with E-state index in [4.69, 9.17) is 0 Å². The maximum Gasteiger partial charge on any atom is 0.573 e. The van der Waals surface area contributed by atoms with Crippen LogP contribution in [0.25, 0.3) is 0 Å². The first-order valence-corrected chi connectivity index (χ1v) is 5.91. The van der Waals surface area contributed by atoms with Crippen LogP contribution in [0.15, 0.2) is 24.3 Å². The summed E-state index contributed by atoms with van der Waals surface area (Å²) < 4.78 is 40.2. The highest BCUT2D eigenvalue weighted by Crippen LogP contribution is 2.31. The molecule has 6 heteroatoms. The third kappa shape index (κ3) is 3.26. The zero-order valence-electron chi connectivity index (χ0n) is 10.4. The number of carbonyl (C=O) groups is 1. The van der Waals surface area contributed by atoms with E-state index in [9.17, 15) is 18.0 Å². The van der Waals surface area contributed by atoms with Crippen molar-refractivity contribution in [1.29, 1.82) is 0 Å². The monoisotopic (exact) mass is 273 g/mol. The molecule has 0 spiro atoms. The van der Waals surface area contributed by atoms with Crippen molar-refractivity contribution in [2.75, 3.05) is 13.1 Å². The summed E-state index contributed by atoms with van der Waals surface area (Å²) in [7, 11) is 0. The molecule has 1 saturated heterocycles. The number of hydrogen-bond donors (Lipinski definition) is 1. The summed E-state index contributed by atoms with van der Waals surface area (Å²) in [5.74, 6) is -0.530. The number of ether oxygens (including phenoxy) is 1. The maximum absolute atomic E-state index is 12.3.